The topological polar surface area (TPSA) is 147 Å². The maximum absolute atomic E-state index is 14.1. The lowest BCUT2D eigenvalue weighted by Gasteiger charge is -2.50. The Morgan fingerprint density at radius 3 is 2.38 bits per heavy atom. The van der Waals surface area contributed by atoms with E-state index in [1.807, 2.05) is 0 Å². The number of fused-ring (bicyclic) bond motifs is 3. The molecule has 2 aromatic carbocycles. The SMILES string of the molecule is CNC(=O)C1=C(O)[C@@]2(O)C(=O)C3=C(O)c4c(O)ccc(-c5ccc(F)c(F)c5)c4C[C@H]3C[C@H]2[C@H](N(C)C)C1=O. The van der Waals surface area contributed by atoms with E-state index in [2.05, 4.69) is 5.32 Å². The zero-order chi connectivity index (χ0) is 28.5. The third kappa shape index (κ3) is 3.60. The molecule has 11 heteroatoms. The first-order valence-electron chi connectivity index (χ1n) is 12.2. The number of nitrogens with one attached hydrogen (secondary N) is 1. The zero-order valence-corrected chi connectivity index (χ0v) is 21.2. The monoisotopic (exact) mass is 540 g/mol. The summed E-state index contributed by atoms with van der Waals surface area (Å²) in [6.45, 7) is 0. The van der Waals surface area contributed by atoms with E-state index >= 15 is 0 Å². The van der Waals surface area contributed by atoms with Crippen LogP contribution in [0.25, 0.3) is 16.9 Å². The molecular formula is C28H26F2N2O7. The Kier molecular flexibility index (Phi) is 6.11. The summed E-state index contributed by atoms with van der Waals surface area (Å²) in [5.41, 5.74) is -2.82. The number of ketones is 2. The van der Waals surface area contributed by atoms with Gasteiger partial charge in [-0.15, -0.1) is 0 Å². The van der Waals surface area contributed by atoms with Crippen molar-refractivity contribution in [1.82, 2.24) is 10.2 Å². The molecule has 0 saturated heterocycles. The minimum absolute atomic E-state index is 0.0386. The molecule has 204 valence electrons. The number of benzene rings is 2. The van der Waals surface area contributed by atoms with Crippen LogP contribution in [0.2, 0.25) is 0 Å². The second-order valence-corrected chi connectivity index (χ2v) is 10.3. The molecule has 0 aliphatic heterocycles. The smallest absolute Gasteiger partial charge is 0.258 e. The minimum Gasteiger partial charge on any atom is -0.508 e. The van der Waals surface area contributed by atoms with E-state index in [1.165, 1.54) is 44.2 Å². The van der Waals surface area contributed by atoms with Crippen molar-refractivity contribution in [3.63, 3.8) is 0 Å². The van der Waals surface area contributed by atoms with Crippen molar-refractivity contribution in [1.29, 1.82) is 0 Å². The van der Waals surface area contributed by atoms with Crippen LogP contribution in [0.5, 0.6) is 5.75 Å². The maximum atomic E-state index is 14.1. The molecule has 0 unspecified atom stereocenters. The molecule has 39 heavy (non-hydrogen) atoms. The van der Waals surface area contributed by atoms with Gasteiger partial charge in [-0.25, -0.2) is 8.78 Å². The summed E-state index contributed by atoms with van der Waals surface area (Å²) in [5.74, 6) is -9.07. The number of likely N-dealkylation sites (N-methyl/N-ethyl adjacent to an activating group) is 2. The van der Waals surface area contributed by atoms with Crippen molar-refractivity contribution in [2.45, 2.75) is 24.5 Å². The summed E-state index contributed by atoms with van der Waals surface area (Å²) in [7, 11) is 4.31. The van der Waals surface area contributed by atoms with Crippen LogP contribution < -0.4 is 5.32 Å². The quantitative estimate of drug-likeness (QED) is 0.372. The van der Waals surface area contributed by atoms with E-state index in [9.17, 15) is 43.6 Å². The Bertz CT molecular complexity index is 1530. The zero-order valence-electron chi connectivity index (χ0n) is 21.2. The highest BCUT2D eigenvalue weighted by Gasteiger charge is 2.64. The Balaban J connectivity index is 1.74. The van der Waals surface area contributed by atoms with Gasteiger partial charge in [0.05, 0.1) is 11.6 Å². The van der Waals surface area contributed by atoms with E-state index in [0.717, 1.165) is 12.1 Å². The number of nitrogens with zero attached hydrogens (tertiary/aromatic N) is 1. The van der Waals surface area contributed by atoms with Crippen LogP contribution >= 0.6 is 0 Å². The Morgan fingerprint density at radius 1 is 1.08 bits per heavy atom. The normalized spacial score (nSPS) is 26.4. The Hall–Kier alpha value is -4.09. The number of hydrogen-bond donors (Lipinski definition) is 5. The molecule has 2 aromatic rings. The van der Waals surface area contributed by atoms with Gasteiger partial charge in [-0.05, 0) is 67.7 Å². The summed E-state index contributed by atoms with van der Waals surface area (Å²) >= 11 is 0. The molecule has 9 nitrogen and oxygen atoms in total. The highest BCUT2D eigenvalue weighted by molar-refractivity contribution is 6.25. The number of phenols is 1. The third-order valence-corrected chi connectivity index (χ3v) is 8.04. The lowest BCUT2D eigenvalue weighted by atomic mass is 9.57. The first kappa shape index (κ1) is 26.5. The van der Waals surface area contributed by atoms with E-state index in [-0.39, 0.29) is 29.5 Å². The number of rotatable bonds is 3. The molecule has 0 aromatic heterocycles. The van der Waals surface area contributed by atoms with Crippen LogP contribution in [-0.4, -0.2) is 75.6 Å². The van der Waals surface area contributed by atoms with Gasteiger partial charge in [0.25, 0.3) is 5.91 Å². The van der Waals surface area contributed by atoms with Crippen LogP contribution in [0.3, 0.4) is 0 Å². The number of halogens is 2. The molecule has 1 fully saturated rings. The third-order valence-electron chi connectivity index (χ3n) is 8.04. The number of carbonyl (C=O) groups excluding carboxylic acids is 3. The fraction of sp³-hybridized carbons (Fsp3) is 0.321. The molecule has 0 spiro atoms. The van der Waals surface area contributed by atoms with Gasteiger partial charge in [0.2, 0.25) is 5.78 Å². The standard InChI is InChI=1S/C28H26F2N2O7/c1-31-27(38)21-24(35)22(32(2)3)15-9-12-8-14-13(11-4-6-16(29)17(30)10-11)5-7-18(33)20(14)23(34)19(12)25(36)28(15,39)26(21)37/h4-7,10,12,15,22,33-34,37,39H,8-9H2,1-3H3,(H,31,38)/t12-,15-,22-,28-/m0/s1. The average Bonchev–Trinajstić information content (AvgIpc) is 2.87. The Morgan fingerprint density at radius 2 is 1.77 bits per heavy atom. The van der Waals surface area contributed by atoms with Gasteiger partial charge in [0.1, 0.15) is 22.8 Å². The number of carbonyl (C=O) groups is 3. The Labute approximate surface area is 221 Å². The van der Waals surface area contributed by atoms with Crippen LogP contribution in [-0.2, 0) is 20.8 Å². The first-order chi connectivity index (χ1) is 18.3. The van der Waals surface area contributed by atoms with Crippen molar-refractivity contribution in [3.8, 4) is 16.9 Å². The highest BCUT2D eigenvalue weighted by atomic mass is 19.2. The van der Waals surface area contributed by atoms with Gasteiger partial charge in [0.15, 0.2) is 23.0 Å². The van der Waals surface area contributed by atoms with Gasteiger partial charge in [0, 0.05) is 18.5 Å². The van der Waals surface area contributed by atoms with Crippen LogP contribution in [0.1, 0.15) is 17.5 Å². The molecule has 0 radical (unpaired) electrons. The number of hydrogen-bond acceptors (Lipinski definition) is 8. The fourth-order valence-electron chi connectivity index (χ4n) is 6.28. The van der Waals surface area contributed by atoms with Gasteiger partial charge < -0.3 is 25.7 Å². The van der Waals surface area contributed by atoms with Crippen LogP contribution in [0.4, 0.5) is 8.78 Å². The largest absolute Gasteiger partial charge is 0.508 e. The summed E-state index contributed by atoms with van der Waals surface area (Å²) in [6.07, 6.45) is -0.0233. The van der Waals surface area contributed by atoms with Gasteiger partial charge >= 0.3 is 0 Å². The number of Topliss-reactive ketones (excluding diaryl/α,β-unsaturated/α-hetero) is 2. The van der Waals surface area contributed by atoms with Crippen molar-refractivity contribution in [3.05, 3.63) is 70.0 Å². The molecule has 3 aliphatic carbocycles. The number of phenolic OH excluding ortho intramolecular Hbond substituents is 1. The molecule has 5 N–H and O–H groups in total. The summed E-state index contributed by atoms with van der Waals surface area (Å²) in [4.78, 5) is 41.2. The first-order valence-corrected chi connectivity index (χ1v) is 12.2. The predicted molar refractivity (Wildman–Crippen MR) is 134 cm³/mol. The van der Waals surface area contributed by atoms with Crippen LogP contribution in [0.15, 0.2) is 47.2 Å². The maximum Gasteiger partial charge on any atom is 0.258 e. The van der Waals surface area contributed by atoms with Crippen molar-refractivity contribution in [2.24, 2.45) is 11.8 Å². The van der Waals surface area contributed by atoms with Gasteiger partial charge in [-0.3, -0.25) is 19.3 Å². The number of aromatic hydroxyl groups is 1. The van der Waals surface area contributed by atoms with E-state index in [1.54, 1.807) is 0 Å². The van der Waals surface area contributed by atoms with Crippen molar-refractivity contribution < 1.29 is 43.6 Å². The molecular weight excluding hydrogens is 514 g/mol. The van der Waals surface area contributed by atoms with Gasteiger partial charge in [-0.1, -0.05) is 12.1 Å². The molecule has 4 atom stereocenters. The second kappa shape index (κ2) is 8.99. The van der Waals surface area contributed by atoms with Crippen molar-refractivity contribution in [2.75, 3.05) is 21.1 Å². The second-order valence-electron chi connectivity index (χ2n) is 10.3. The lowest BCUT2D eigenvalue weighted by molar-refractivity contribution is -0.153. The lowest BCUT2D eigenvalue weighted by Crippen LogP contribution is -2.65. The summed E-state index contributed by atoms with van der Waals surface area (Å²) in [5, 5.41) is 47.0. The molecule has 3 aliphatic rings. The molecule has 1 amide bonds. The average molecular weight is 541 g/mol. The minimum atomic E-state index is -2.70. The predicted octanol–water partition coefficient (Wildman–Crippen LogP) is 2.17. The fourth-order valence-corrected chi connectivity index (χ4v) is 6.28. The molecule has 1 saturated carbocycles. The molecule has 0 heterocycles. The van der Waals surface area contributed by atoms with E-state index in [4.69, 9.17) is 0 Å². The highest BCUT2D eigenvalue weighted by Crippen LogP contribution is 2.53. The number of amides is 1. The summed E-state index contributed by atoms with van der Waals surface area (Å²) < 4.78 is 27.7. The summed E-state index contributed by atoms with van der Waals surface area (Å²) in [6, 6.07) is 4.83. The van der Waals surface area contributed by atoms with Gasteiger partial charge in [-0.2, -0.15) is 0 Å². The number of aliphatic hydroxyl groups is 3. The van der Waals surface area contributed by atoms with E-state index < -0.39 is 75.4 Å². The molecule has 5 rings (SSSR count). The van der Waals surface area contributed by atoms with E-state index in [0.29, 0.717) is 11.1 Å². The van der Waals surface area contributed by atoms with Crippen molar-refractivity contribution >= 4 is 23.2 Å². The number of aliphatic hydroxyl groups excluding tert-OH is 2. The molecule has 0 bridgehead atoms. The van der Waals surface area contributed by atoms with Crippen LogP contribution in [0, 0.1) is 23.5 Å².